The van der Waals surface area contributed by atoms with E-state index in [1.165, 1.54) is 13.2 Å². The van der Waals surface area contributed by atoms with Gasteiger partial charge in [0.2, 0.25) is 5.78 Å². The molecule has 0 spiro atoms. The fourth-order valence-corrected chi connectivity index (χ4v) is 6.67. The molecule has 1 aromatic heterocycles. The quantitative estimate of drug-likeness (QED) is 0.183. The van der Waals surface area contributed by atoms with Crippen molar-refractivity contribution in [1.29, 1.82) is 0 Å². The van der Waals surface area contributed by atoms with Crippen LogP contribution in [0.25, 0.3) is 0 Å². The first kappa shape index (κ1) is 32.2. The maximum Gasteiger partial charge on any atom is 0.514 e. The second kappa shape index (κ2) is 11.6. The molecule has 4 atom stereocenters. The highest BCUT2D eigenvalue weighted by Gasteiger charge is 2.64. The number of aliphatic hydroxyl groups is 2. The molecule has 3 aliphatic rings. The Bertz CT molecular complexity index is 1600. The zero-order chi connectivity index (χ0) is 33.0. The van der Waals surface area contributed by atoms with Crippen LogP contribution >= 0.6 is 0 Å². The lowest BCUT2D eigenvalue weighted by molar-refractivity contribution is -0.0559. The van der Waals surface area contributed by atoms with E-state index in [4.69, 9.17) is 23.5 Å². The number of ether oxygens (including phenoxy) is 4. The van der Waals surface area contributed by atoms with Gasteiger partial charge in [0.1, 0.15) is 28.4 Å². The van der Waals surface area contributed by atoms with Gasteiger partial charge in [0.15, 0.2) is 23.4 Å². The number of hydrogen-bond donors (Lipinski definition) is 2. The van der Waals surface area contributed by atoms with Crippen LogP contribution in [0.5, 0.6) is 17.4 Å². The largest absolute Gasteiger partial charge is 0.514 e. The number of benzene rings is 1. The zero-order valence-electron chi connectivity index (χ0n) is 26.4. The van der Waals surface area contributed by atoms with E-state index in [2.05, 4.69) is 5.16 Å². The van der Waals surface area contributed by atoms with Crippen LogP contribution in [-0.2, 0) is 11.2 Å². The SMILES string of the molecule is CCCCOc1noc2c1C(=O)[C@@]1(O)C(O)=C3C(=O)c4c(OC(=O)OC(C)(C)C)cc(C=O)c(OC)c4C[C@H]3C[C@H]1[C@@H]2N(C)C. The van der Waals surface area contributed by atoms with Gasteiger partial charge in [-0.15, -0.1) is 0 Å². The lowest BCUT2D eigenvalue weighted by atomic mass is 9.58. The molecular formula is C32H38N2O11. The topological polar surface area (TPSA) is 175 Å². The van der Waals surface area contributed by atoms with Gasteiger partial charge in [-0.3, -0.25) is 19.3 Å². The lowest BCUT2D eigenvalue weighted by Gasteiger charge is -2.49. The number of rotatable bonds is 8. The summed E-state index contributed by atoms with van der Waals surface area (Å²) in [6.07, 6.45) is 1.05. The molecule has 2 N–H and O–H groups in total. The van der Waals surface area contributed by atoms with Crippen LogP contribution in [0.4, 0.5) is 4.79 Å². The average Bonchev–Trinajstić information content (AvgIpc) is 3.36. The number of carbonyl (C=O) groups is 4. The summed E-state index contributed by atoms with van der Waals surface area (Å²) in [5.41, 5.74) is -3.56. The molecule has 0 radical (unpaired) electrons. The Hall–Kier alpha value is -4.23. The summed E-state index contributed by atoms with van der Waals surface area (Å²) in [6.45, 7) is 7.14. The maximum atomic E-state index is 14.3. The fourth-order valence-electron chi connectivity index (χ4n) is 6.67. The van der Waals surface area contributed by atoms with Crippen molar-refractivity contribution in [1.82, 2.24) is 10.1 Å². The van der Waals surface area contributed by atoms with Gasteiger partial charge in [0, 0.05) is 17.1 Å². The number of unbranched alkanes of at least 4 members (excludes halogenated alkanes) is 1. The first-order chi connectivity index (χ1) is 21.2. The van der Waals surface area contributed by atoms with E-state index in [9.17, 15) is 29.4 Å². The number of carbonyl (C=O) groups excluding carboxylic acids is 4. The van der Waals surface area contributed by atoms with Crippen molar-refractivity contribution in [2.45, 2.75) is 70.6 Å². The highest BCUT2D eigenvalue weighted by atomic mass is 16.7. The van der Waals surface area contributed by atoms with E-state index >= 15 is 0 Å². The number of fused-ring (bicyclic) bond motifs is 4. The first-order valence-corrected chi connectivity index (χ1v) is 14.8. The lowest BCUT2D eigenvalue weighted by Crippen LogP contribution is -2.59. The first-order valence-electron chi connectivity index (χ1n) is 14.8. The van der Waals surface area contributed by atoms with Crippen molar-refractivity contribution in [3.8, 4) is 17.4 Å². The highest BCUT2D eigenvalue weighted by Crippen LogP contribution is 2.57. The van der Waals surface area contributed by atoms with Gasteiger partial charge in [0.25, 0.3) is 5.88 Å². The molecule has 13 nitrogen and oxygen atoms in total. The molecule has 0 amide bonds. The molecule has 0 saturated heterocycles. The van der Waals surface area contributed by atoms with Gasteiger partial charge in [-0.2, -0.15) is 0 Å². The summed E-state index contributed by atoms with van der Waals surface area (Å²) in [5.74, 6) is -4.22. The van der Waals surface area contributed by atoms with Crippen molar-refractivity contribution in [3.63, 3.8) is 0 Å². The maximum absolute atomic E-state index is 14.3. The number of hydrogen-bond acceptors (Lipinski definition) is 13. The monoisotopic (exact) mass is 626 g/mol. The van der Waals surface area contributed by atoms with Crippen molar-refractivity contribution in [3.05, 3.63) is 45.4 Å². The van der Waals surface area contributed by atoms with E-state index in [0.29, 0.717) is 12.7 Å². The van der Waals surface area contributed by atoms with Gasteiger partial charge in [0.05, 0.1) is 30.9 Å². The number of allylic oxidation sites excluding steroid dienone is 1. The summed E-state index contributed by atoms with van der Waals surface area (Å²) in [6, 6.07) is 0.454. The minimum absolute atomic E-state index is 0.0347. The second-order valence-electron chi connectivity index (χ2n) is 12.8. The fraction of sp³-hybridized carbons (Fsp3) is 0.531. The number of aldehydes is 1. The molecule has 2 aromatic rings. The smallest absolute Gasteiger partial charge is 0.508 e. The molecule has 0 unspecified atom stereocenters. The number of methoxy groups -OCH3 is 1. The number of Topliss-reactive ketones (excluding diaryl/α,β-unsaturated/α-hetero) is 2. The predicted octanol–water partition coefficient (Wildman–Crippen LogP) is 4.41. The summed E-state index contributed by atoms with van der Waals surface area (Å²) in [7, 11) is 4.82. The van der Waals surface area contributed by atoms with Gasteiger partial charge in [-0.05, 0) is 71.3 Å². The number of aromatic nitrogens is 1. The number of nitrogens with zero attached hydrogens (tertiary/aromatic N) is 2. The van der Waals surface area contributed by atoms with Gasteiger partial charge < -0.3 is 33.7 Å². The Kier molecular flexibility index (Phi) is 8.30. The minimum Gasteiger partial charge on any atom is -0.508 e. The third kappa shape index (κ3) is 5.17. The van der Waals surface area contributed by atoms with E-state index in [-0.39, 0.29) is 70.4 Å². The normalized spacial score (nSPS) is 24.0. The Labute approximate surface area is 260 Å². The van der Waals surface area contributed by atoms with Crippen LogP contribution < -0.4 is 14.2 Å². The number of aliphatic hydroxyl groups excluding tert-OH is 1. The minimum atomic E-state index is -2.52. The van der Waals surface area contributed by atoms with E-state index in [1.807, 2.05) is 6.92 Å². The Balaban J connectivity index is 1.67. The third-order valence-corrected chi connectivity index (χ3v) is 8.51. The molecule has 3 aliphatic carbocycles. The molecule has 0 saturated carbocycles. The summed E-state index contributed by atoms with van der Waals surface area (Å²) in [4.78, 5) is 54.9. The Morgan fingerprint density at radius 2 is 1.96 bits per heavy atom. The molecule has 0 bridgehead atoms. The molecular weight excluding hydrogens is 588 g/mol. The molecule has 1 heterocycles. The van der Waals surface area contributed by atoms with Gasteiger partial charge >= 0.3 is 6.16 Å². The van der Waals surface area contributed by atoms with Crippen molar-refractivity contribution in [2.24, 2.45) is 11.8 Å². The molecule has 242 valence electrons. The van der Waals surface area contributed by atoms with E-state index < -0.39 is 52.6 Å². The van der Waals surface area contributed by atoms with Crippen molar-refractivity contribution >= 4 is 24.0 Å². The van der Waals surface area contributed by atoms with Crippen LogP contribution in [0.2, 0.25) is 0 Å². The second-order valence-corrected chi connectivity index (χ2v) is 12.8. The van der Waals surface area contributed by atoms with Crippen molar-refractivity contribution in [2.75, 3.05) is 27.8 Å². The van der Waals surface area contributed by atoms with Crippen LogP contribution in [0.15, 0.2) is 21.9 Å². The predicted molar refractivity (Wildman–Crippen MR) is 157 cm³/mol. The Morgan fingerprint density at radius 3 is 2.56 bits per heavy atom. The summed E-state index contributed by atoms with van der Waals surface area (Å²) < 4.78 is 27.6. The molecule has 13 heteroatoms. The highest BCUT2D eigenvalue weighted by molar-refractivity contribution is 6.17. The van der Waals surface area contributed by atoms with Gasteiger partial charge in [-0.1, -0.05) is 13.3 Å². The van der Waals surface area contributed by atoms with E-state index in [0.717, 1.165) is 6.42 Å². The zero-order valence-corrected chi connectivity index (χ0v) is 26.4. The summed E-state index contributed by atoms with van der Waals surface area (Å²) in [5, 5.41) is 28.0. The summed E-state index contributed by atoms with van der Waals surface area (Å²) >= 11 is 0. The average molecular weight is 627 g/mol. The third-order valence-electron chi connectivity index (χ3n) is 8.51. The molecule has 45 heavy (non-hydrogen) atoms. The van der Waals surface area contributed by atoms with Crippen LogP contribution in [0, 0.1) is 11.8 Å². The molecule has 1 aromatic carbocycles. The van der Waals surface area contributed by atoms with Gasteiger partial charge in [-0.25, -0.2) is 4.79 Å². The van der Waals surface area contributed by atoms with Crippen molar-refractivity contribution < 1.29 is 52.9 Å². The van der Waals surface area contributed by atoms with Crippen LogP contribution in [0.1, 0.15) is 95.4 Å². The standard InChI is InChI=1S/C32H38N2O11/c1-8-9-10-42-29-22-26(45-33-29)23(34(5)6)18-12-15-11-17-21(24(36)20(15)27(37)32(18,40)28(22)38)19(13-16(14-35)25(17)41-7)43-30(39)44-31(2,3)4/h13-15,18,23,37,40H,8-12H2,1-7H3/t15-,18-,23-,32-/m0/s1. The molecule has 0 aliphatic heterocycles. The Morgan fingerprint density at radius 1 is 1.24 bits per heavy atom. The number of ketones is 2. The van der Waals surface area contributed by atoms with E-state index in [1.54, 1.807) is 39.8 Å². The van der Waals surface area contributed by atoms with Crippen LogP contribution in [-0.4, -0.2) is 83.3 Å². The molecule has 5 rings (SSSR count). The van der Waals surface area contributed by atoms with Crippen LogP contribution in [0.3, 0.4) is 0 Å². The molecule has 0 fully saturated rings.